The second-order valence-corrected chi connectivity index (χ2v) is 13.1. The zero-order valence-corrected chi connectivity index (χ0v) is 23.1. The average Bonchev–Trinajstić information content (AvgIpc) is 2.76. The second-order valence-electron chi connectivity index (χ2n) is 10.7. The van der Waals surface area contributed by atoms with E-state index in [4.69, 9.17) is 8.83 Å². The summed E-state index contributed by atoms with van der Waals surface area (Å²) in [6.45, 7) is 8.73. The molecule has 2 aromatic heterocycles. The summed E-state index contributed by atoms with van der Waals surface area (Å²) >= 11 is 4.00. The molecule has 35 heavy (non-hydrogen) atoms. The number of thioether (sulfide) groups is 2. The Kier molecular flexibility index (Phi) is 11.8. The average molecular weight is 525 g/mol. The molecule has 0 atom stereocenters. The van der Waals surface area contributed by atoms with Crippen LogP contribution in [0.25, 0.3) is 0 Å². The van der Waals surface area contributed by atoms with Gasteiger partial charge in [-0.2, -0.15) is 23.5 Å². The van der Waals surface area contributed by atoms with Crippen LogP contribution >= 0.6 is 23.5 Å². The van der Waals surface area contributed by atoms with Gasteiger partial charge in [-0.1, -0.05) is 27.7 Å². The molecule has 0 amide bonds. The highest BCUT2D eigenvalue weighted by atomic mass is 32.2. The van der Waals surface area contributed by atoms with E-state index in [9.17, 15) is 19.8 Å². The fraction of sp³-hybridized carbons (Fsp3) is 0.630. The van der Waals surface area contributed by atoms with Crippen molar-refractivity contribution in [3.8, 4) is 11.5 Å². The molecule has 6 nitrogen and oxygen atoms in total. The second kappa shape index (κ2) is 14.1. The first-order chi connectivity index (χ1) is 16.5. The van der Waals surface area contributed by atoms with Gasteiger partial charge in [-0.05, 0) is 65.9 Å². The molecule has 196 valence electrons. The van der Waals surface area contributed by atoms with Crippen LogP contribution in [0.2, 0.25) is 0 Å². The zero-order chi connectivity index (χ0) is 25.9. The number of hydrogen-bond donors (Lipinski definition) is 2. The van der Waals surface area contributed by atoms with Crippen LogP contribution in [0.5, 0.6) is 11.5 Å². The van der Waals surface area contributed by atoms with Crippen LogP contribution in [0.1, 0.15) is 71.3 Å². The highest BCUT2D eigenvalue weighted by molar-refractivity contribution is 8.00. The van der Waals surface area contributed by atoms with Crippen LogP contribution in [0.4, 0.5) is 0 Å². The van der Waals surface area contributed by atoms with Gasteiger partial charge in [0.1, 0.15) is 24.0 Å². The number of aromatic hydroxyl groups is 2. The third-order valence-electron chi connectivity index (χ3n) is 5.90. The van der Waals surface area contributed by atoms with Gasteiger partial charge in [0, 0.05) is 25.0 Å². The minimum Gasteiger partial charge on any atom is -0.502 e. The van der Waals surface area contributed by atoms with Gasteiger partial charge in [-0.15, -0.1) is 0 Å². The molecule has 0 radical (unpaired) electrons. The molecule has 0 saturated carbocycles. The van der Waals surface area contributed by atoms with Crippen LogP contribution in [0.15, 0.2) is 43.1 Å². The van der Waals surface area contributed by atoms with Crippen LogP contribution in [-0.2, 0) is 12.8 Å². The van der Waals surface area contributed by atoms with Gasteiger partial charge < -0.3 is 19.0 Å². The summed E-state index contributed by atoms with van der Waals surface area (Å²) in [5.41, 5.74) is -0.679. The van der Waals surface area contributed by atoms with Crippen molar-refractivity contribution in [1.82, 2.24) is 0 Å². The summed E-state index contributed by atoms with van der Waals surface area (Å²) in [5, 5.41) is 18.6. The molecule has 0 aliphatic carbocycles. The van der Waals surface area contributed by atoms with E-state index in [0.717, 1.165) is 49.7 Å². The largest absolute Gasteiger partial charge is 0.502 e. The molecule has 2 heterocycles. The van der Waals surface area contributed by atoms with Gasteiger partial charge in [-0.25, -0.2) is 0 Å². The van der Waals surface area contributed by atoms with Crippen molar-refractivity contribution >= 4 is 23.5 Å². The van der Waals surface area contributed by atoms with Crippen molar-refractivity contribution in [2.24, 2.45) is 10.8 Å². The smallest absolute Gasteiger partial charge is 0.226 e. The molecule has 0 saturated heterocycles. The molecule has 2 N–H and O–H groups in total. The van der Waals surface area contributed by atoms with Crippen molar-refractivity contribution in [1.29, 1.82) is 0 Å². The lowest BCUT2D eigenvalue weighted by molar-refractivity contribution is 0.295. The molecule has 0 spiro atoms. The van der Waals surface area contributed by atoms with E-state index in [-0.39, 0.29) is 33.2 Å². The maximum absolute atomic E-state index is 11.6. The fourth-order valence-electron chi connectivity index (χ4n) is 3.97. The minimum absolute atomic E-state index is 0.0464. The summed E-state index contributed by atoms with van der Waals surface area (Å²) in [6, 6.07) is 2.78. The molecule has 0 aliphatic rings. The van der Waals surface area contributed by atoms with E-state index in [0.29, 0.717) is 24.4 Å². The Labute approximate surface area is 216 Å². The van der Waals surface area contributed by atoms with Crippen molar-refractivity contribution in [2.75, 3.05) is 23.0 Å². The lowest BCUT2D eigenvalue weighted by atomic mass is 9.83. The van der Waals surface area contributed by atoms with E-state index in [1.165, 1.54) is 30.1 Å². The normalized spacial score (nSPS) is 12.2. The minimum atomic E-state index is -0.386. The lowest BCUT2D eigenvalue weighted by Gasteiger charge is -2.23. The summed E-state index contributed by atoms with van der Waals surface area (Å²) in [7, 11) is 0. The van der Waals surface area contributed by atoms with Crippen LogP contribution in [0.3, 0.4) is 0 Å². The molecule has 0 aliphatic heterocycles. The summed E-state index contributed by atoms with van der Waals surface area (Å²) in [4.78, 5) is 23.1. The third kappa shape index (κ3) is 11.7. The Morgan fingerprint density at radius 2 is 1.06 bits per heavy atom. The van der Waals surface area contributed by atoms with Crippen molar-refractivity contribution in [2.45, 2.75) is 72.6 Å². The highest BCUT2D eigenvalue weighted by Crippen LogP contribution is 2.29. The van der Waals surface area contributed by atoms with Crippen molar-refractivity contribution < 1.29 is 19.0 Å². The van der Waals surface area contributed by atoms with Crippen LogP contribution < -0.4 is 10.9 Å². The van der Waals surface area contributed by atoms with E-state index >= 15 is 0 Å². The van der Waals surface area contributed by atoms with Crippen molar-refractivity contribution in [3.63, 3.8) is 0 Å². The van der Waals surface area contributed by atoms with Gasteiger partial charge in [0.05, 0.1) is 0 Å². The SMILES string of the molecule is CC(C)(CCCSCCCSCCCC(C)(C)Cc1cc(=O)c(O)co1)Cc1cc(=O)c(O)co1. The summed E-state index contributed by atoms with van der Waals surface area (Å²) in [5.74, 6) is 5.18. The molecular weight excluding hydrogens is 484 g/mol. The molecule has 2 aromatic rings. The Morgan fingerprint density at radius 3 is 1.43 bits per heavy atom. The topological polar surface area (TPSA) is 101 Å². The third-order valence-corrected chi connectivity index (χ3v) is 8.21. The van der Waals surface area contributed by atoms with E-state index in [2.05, 4.69) is 27.7 Å². The Balaban J connectivity index is 1.49. The number of rotatable bonds is 16. The first-order valence-corrected chi connectivity index (χ1v) is 14.6. The van der Waals surface area contributed by atoms with Gasteiger partial charge in [0.2, 0.25) is 10.9 Å². The molecule has 0 fully saturated rings. The fourth-order valence-corrected chi connectivity index (χ4v) is 5.95. The molecule has 8 heteroatoms. The molecule has 0 bridgehead atoms. The predicted molar refractivity (Wildman–Crippen MR) is 146 cm³/mol. The van der Waals surface area contributed by atoms with Gasteiger partial charge in [0.15, 0.2) is 11.5 Å². The monoisotopic (exact) mass is 524 g/mol. The molecule has 0 aromatic carbocycles. The maximum Gasteiger partial charge on any atom is 0.226 e. The quantitative estimate of drug-likeness (QED) is 0.248. The summed E-state index contributed by atoms with van der Waals surface area (Å²) in [6.07, 6.45) is 9.20. The van der Waals surface area contributed by atoms with E-state index in [1.54, 1.807) is 0 Å². The zero-order valence-electron chi connectivity index (χ0n) is 21.4. The summed E-state index contributed by atoms with van der Waals surface area (Å²) < 4.78 is 10.7. The Hall–Kier alpha value is -1.80. The molecule has 2 rings (SSSR count). The highest BCUT2D eigenvalue weighted by Gasteiger charge is 2.21. The Bertz CT molecular complexity index is 943. The van der Waals surface area contributed by atoms with Gasteiger partial charge in [-0.3, -0.25) is 9.59 Å². The van der Waals surface area contributed by atoms with E-state index in [1.807, 2.05) is 23.5 Å². The van der Waals surface area contributed by atoms with Crippen LogP contribution in [-0.4, -0.2) is 33.2 Å². The standard InChI is InChI=1S/C27H40O6S2/c1-26(2,16-20-14-22(28)24(30)18-32-20)8-5-10-34-12-7-13-35-11-6-9-27(3,4)17-21-15-23(29)25(31)19-33-21/h14-15,18-19,30-31H,5-13,16-17H2,1-4H3. The molecule has 0 unspecified atom stereocenters. The maximum atomic E-state index is 11.6. The number of hydrogen-bond acceptors (Lipinski definition) is 8. The molecular formula is C27H40O6S2. The first kappa shape index (κ1) is 29.4. The lowest BCUT2D eigenvalue weighted by Crippen LogP contribution is -2.16. The van der Waals surface area contributed by atoms with Crippen LogP contribution in [0, 0.1) is 10.8 Å². The van der Waals surface area contributed by atoms with E-state index < -0.39 is 0 Å². The van der Waals surface area contributed by atoms with Gasteiger partial charge in [0.25, 0.3) is 0 Å². The van der Waals surface area contributed by atoms with Gasteiger partial charge >= 0.3 is 0 Å². The van der Waals surface area contributed by atoms with Crippen molar-refractivity contribution in [3.05, 3.63) is 56.6 Å². The predicted octanol–water partition coefficient (Wildman–Crippen LogP) is 6.26. The first-order valence-electron chi connectivity index (χ1n) is 12.2. The Morgan fingerprint density at radius 1 is 0.686 bits per heavy atom.